The lowest BCUT2D eigenvalue weighted by Crippen LogP contribution is -2.36. The van der Waals surface area contributed by atoms with Crippen molar-refractivity contribution in [2.45, 2.75) is 19.4 Å². The van der Waals surface area contributed by atoms with Crippen LogP contribution >= 0.6 is 11.3 Å². The fraction of sp³-hybridized carbons (Fsp3) is 0.300. The molecule has 1 atom stereocenters. The summed E-state index contributed by atoms with van der Waals surface area (Å²) in [5.41, 5.74) is 2.27. The van der Waals surface area contributed by atoms with E-state index in [1.165, 1.54) is 10.3 Å². The van der Waals surface area contributed by atoms with Gasteiger partial charge in [-0.05, 0) is 30.7 Å². The van der Waals surface area contributed by atoms with Crippen LogP contribution < -0.4 is 5.32 Å². The molecule has 3 aromatic rings. The van der Waals surface area contributed by atoms with Gasteiger partial charge in [0.25, 0.3) is 0 Å². The standard InChI is InChI=1S/C20H23N3OS/c1-15(16-8-4-3-5-9-16)12-21-19(24)13-23(2)14-20-22-17-10-6-7-11-18(17)25-20/h3-11,15H,12-14H2,1-2H3,(H,21,24)/t15-/m0/s1. The fourth-order valence-corrected chi connectivity index (χ4v) is 3.79. The smallest absolute Gasteiger partial charge is 0.234 e. The van der Waals surface area contributed by atoms with Gasteiger partial charge in [0.2, 0.25) is 5.91 Å². The molecule has 0 saturated carbocycles. The number of amides is 1. The average molecular weight is 353 g/mol. The first kappa shape index (κ1) is 17.6. The molecule has 5 heteroatoms. The molecule has 1 amide bonds. The van der Waals surface area contributed by atoms with Crippen molar-refractivity contribution in [3.63, 3.8) is 0 Å². The van der Waals surface area contributed by atoms with E-state index in [4.69, 9.17) is 0 Å². The normalized spacial score (nSPS) is 12.4. The highest BCUT2D eigenvalue weighted by Crippen LogP contribution is 2.22. The number of nitrogens with one attached hydrogen (secondary N) is 1. The van der Waals surface area contributed by atoms with Crippen LogP contribution in [0.25, 0.3) is 10.2 Å². The topological polar surface area (TPSA) is 45.2 Å². The first-order valence-corrected chi connectivity index (χ1v) is 9.28. The van der Waals surface area contributed by atoms with Crippen LogP contribution in [0.15, 0.2) is 54.6 Å². The molecule has 1 N–H and O–H groups in total. The Kier molecular flexibility index (Phi) is 5.79. The van der Waals surface area contributed by atoms with Gasteiger partial charge >= 0.3 is 0 Å². The van der Waals surface area contributed by atoms with Crippen molar-refractivity contribution in [3.05, 3.63) is 65.2 Å². The SMILES string of the molecule is C[C@@H](CNC(=O)CN(C)Cc1nc2ccccc2s1)c1ccccc1. The second-order valence-electron chi connectivity index (χ2n) is 6.36. The molecule has 0 fully saturated rings. The second kappa shape index (κ2) is 8.23. The number of carbonyl (C=O) groups is 1. The Balaban J connectivity index is 1.47. The van der Waals surface area contributed by atoms with E-state index in [9.17, 15) is 4.79 Å². The van der Waals surface area contributed by atoms with Gasteiger partial charge in [0.05, 0.1) is 23.3 Å². The number of para-hydroxylation sites is 1. The van der Waals surface area contributed by atoms with Crippen LogP contribution in [-0.2, 0) is 11.3 Å². The zero-order valence-corrected chi connectivity index (χ0v) is 15.4. The first-order chi connectivity index (χ1) is 12.1. The van der Waals surface area contributed by atoms with E-state index in [-0.39, 0.29) is 5.91 Å². The minimum Gasteiger partial charge on any atom is -0.354 e. The van der Waals surface area contributed by atoms with Crippen molar-refractivity contribution in [2.75, 3.05) is 20.1 Å². The molecule has 25 heavy (non-hydrogen) atoms. The van der Waals surface area contributed by atoms with Crippen LogP contribution in [0.3, 0.4) is 0 Å². The maximum absolute atomic E-state index is 12.2. The molecule has 1 heterocycles. The largest absolute Gasteiger partial charge is 0.354 e. The summed E-state index contributed by atoms with van der Waals surface area (Å²) in [5.74, 6) is 0.353. The number of fused-ring (bicyclic) bond motifs is 1. The van der Waals surface area contributed by atoms with Gasteiger partial charge in [-0.2, -0.15) is 0 Å². The van der Waals surface area contributed by atoms with E-state index < -0.39 is 0 Å². The van der Waals surface area contributed by atoms with Gasteiger partial charge in [0.15, 0.2) is 0 Å². The van der Waals surface area contributed by atoms with Gasteiger partial charge in [-0.15, -0.1) is 11.3 Å². The predicted molar refractivity (Wildman–Crippen MR) is 104 cm³/mol. The highest BCUT2D eigenvalue weighted by molar-refractivity contribution is 7.18. The lowest BCUT2D eigenvalue weighted by Gasteiger charge is -2.17. The number of rotatable bonds is 7. The van der Waals surface area contributed by atoms with E-state index in [0.717, 1.165) is 10.5 Å². The number of thiazole rings is 1. The van der Waals surface area contributed by atoms with Gasteiger partial charge in [-0.25, -0.2) is 4.98 Å². The van der Waals surface area contributed by atoms with E-state index in [1.54, 1.807) is 11.3 Å². The van der Waals surface area contributed by atoms with Crippen molar-refractivity contribution >= 4 is 27.5 Å². The number of likely N-dealkylation sites (N-methyl/N-ethyl adjacent to an activating group) is 1. The van der Waals surface area contributed by atoms with Crippen molar-refractivity contribution in [1.29, 1.82) is 0 Å². The van der Waals surface area contributed by atoms with E-state index in [2.05, 4.69) is 35.4 Å². The third kappa shape index (κ3) is 4.87. The third-order valence-corrected chi connectivity index (χ3v) is 5.15. The van der Waals surface area contributed by atoms with Crippen molar-refractivity contribution in [1.82, 2.24) is 15.2 Å². The predicted octanol–water partition coefficient (Wildman–Crippen LogP) is 3.65. The fourth-order valence-electron chi connectivity index (χ4n) is 2.74. The molecule has 0 radical (unpaired) electrons. The molecule has 0 aliphatic carbocycles. The first-order valence-electron chi connectivity index (χ1n) is 8.46. The highest BCUT2D eigenvalue weighted by Gasteiger charge is 2.12. The molecule has 130 valence electrons. The molecule has 0 unspecified atom stereocenters. The Morgan fingerprint density at radius 1 is 1.16 bits per heavy atom. The van der Waals surface area contributed by atoms with Crippen LogP contribution in [-0.4, -0.2) is 35.9 Å². The molecule has 0 aliphatic rings. The Hall–Kier alpha value is -2.24. The molecule has 0 saturated heterocycles. The number of hydrogen-bond acceptors (Lipinski definition) is 4. The van der Waals surface area contributed by atoms with Crippen LogP contribution in [0.5, 0.6) is 0 Å². The lowest BCUT2D eigenvalue weighted by atomic mass is 10.0. The Bertz CT molecular complexity index is 798. The Labute approximate surface area is 152 Å². The number of aromatic nitrogens is 1. The summed E-state index contributed by atoms with van der Waals surface area (Å²) in [4.78, 5) is 18.8. The zero-order chi connectivity index (χ0) is 17.6. The van der Waals surface area contributed by atoms with Crippen molar-refractivity contribution in [2.24, 2.45) is 0 Å². The van der Waals surface area contributed by atoms with Gasteiger partial charge in [0.1, 0.15) is 5.01 Å². The molecular formula is C20H23N3OS. The number of benzene rings is 2. The summed E-state index contributed by atoms with van der Waals surface area (Å²) in [5, 5.41) is 4.06. The number of carbonyl (C=O) groups excluding carboxylic acids is 1. The van der Waals surface area contributed by atoms with Crippen LogP contribution in [0, 0.1) is 0 Å². The van der Waals surface area contributed by atoms with Gasteiger partial charge < -0.3 is 5.32 Å². The van der Waals surface area contributed by atoms with Gasteiger partial charge in [-0.3, -0.25) is 9.69 Å². The van der Waals surface area contributed by atoms with E-state index in [0.29, 0.717) is 25.6 Å². The maximum Gasteiger partial charge on any atom is 0.234 e. The summed E-state index contributed by atoms with van der Waals surface area (Å²) >= 11 is 1.68. The zero-order valence-electron chi connectivity index (χ0n) is 14.6. The lowest BCUT2D eigenvalue weighted by molar-refractivity contribution is -0.122. The Morgan fingerprint density at radius 3 is 2.64 bits per heavy atom. The van der Waals surface area contributed by atoms with E-state index >= 15 is 0 Å². The minimum atomic E-state index is 0.0476. The number of nitrogens with zero attached hydrogens (tertiary/aromatic N) is 2. The van der Waals surface area contributed by atoms with Crippen molar-refractivity contribution in [3.8, 4) is 0 Å². The molecular weight excluding hydrogens is 330 g/mol. The maximum atomic E-state index is 12.2. The summed E-state index contributed by atoms with van der Waals surface area (Å²) in [6, 6.07) is 18.4. The van der Waals surface area contributed by atoms with Crippen LogP contribution in [0.4, 0.5) is 0 Å². The van der Waals surface area contributed by atoms with E-state index in [1.807, 2.05) is 48.3 Å². The quantitative estimate of drug-likeness (QED) is 0.705. The van der Waals surface area contributed by atoms with Crippen LogP contribution in [0.2, 0.25) is 0 Å². The molecule has 0 spiro atoms. The second-order valence-corrected chi connectivity index (χ2v) is 7.48. The summed E-state index contributed by atoms with van der Waals surface area (Å²) in [6.07, 6.45) is 0. The molecule has 0 bridgehead atoms. The summed E-state index contributed by atoms with van der Waals surface area (Å²) in [6.45, 7) is 3.83. The summed E-state index contributed by atoms with van der Waals surface area (Å²) < 4.78 is 1.19. The molecule has 1 aromatic heterocycles. The van der Waals surface area contributed by atoms with Gasteiger partial charge in [-0.1, -0.05) is 49.4 Å². The highest BCUT2D eigenvalue weighted by atomic mass is 32.1. The molecule has 2 aromatic carbocycles. The van der Waals surface area contributed by atoms with Crippen LogP contribution in [0.1, 0.15) is 23.4 Å². The van der Waals surface area contributed by atoms with Gasteiger partial charge in [0, 0.05) is 6.54 Å². The minimum absolute atomic E-state index is 0.0476. The Morgan fingerprint density at radius 2 is 1.88 bits per heavy atom. The molecule has 3 rings (SSSR count). The average Bonchev–Trinajstić information content (AvgIpc) is 3.02. The summed E-state index contributed by atoms with van der Waals surface area (Å²) in [7, 11) is 1.95. The van der Waals surface area contributed by atoms with Crippen molar-refractivity contribution < 1.29 is 4.79 Å². The number of hydrogen-bond donors (Lipinski definition) is 1. The monoisotopic (exact) mass is 353 g/mol. The third-order valence-electron chi connectivity index (χ3n) is 4.13. The molecule has 0 aliphatic heterocycles. The molecule has 4 nitrogen and oxygen atoms in total.